The second-order valence-electron chi connectivity index (χ2n) is 5.48. The fourth-order valence-corrected chi connectivity index (χ4v) is 3.35. The molecule has 0 fully saturated rings. The molecular weight excluding hydrogens is 372 g/mol. The van der Waals surface area contributed by atoms with E-state index >= 15 is 0 Å². The van der Waals surface area contributed by atoms with Crippen LogP contribution in [0.15, 0.2) is 16.6 Å². The van der Waals surface area contributed by atoms with Crippen molar-refractivity contribution in [3.8, 4) is 0 Å². The maximum absolute atomic E-state index is 12.6. The predicted octanol–water partition coefficient (Wildman–Crippen LogP) is 3.91. The minimum atomic E-state index is -0.457. The Hall–Kier alpha value is -1.24. The third-order valence-electron chi connectivity index (χ3n) is 3.91. The quantitative estimate of drug-likeness (QED) is 0.387. The fourth-order valence-electron chi connectivity index (χ4n) is 2.65. The molecule has 0 saturated carbocycles. The number of hydrogen-bond donors (Lipinski definition) is 1. The molecule has 0 aliphatic heterocycles. The van der Waals surface area contributed by atoms with E-state index in [0.717, 1.165) is 19.5 Å². The molecule has 1 aromatic carbocycles. The van der Waals surface area contributed by atoms with Crippen molar-refractivity contribution in [1.29, 1.82) is 0 Å². The highest BCUT2D eigenvalue weighted by Gasteiger charge is 2.24. The number of hydrogen-bond acceptors (Lipinski definition) is 5. The number of nitrogens with zero attached hydrogens (tertiary/aromatic N) is 1. The van der Waals surface area contributed by atoms with Crippen LogP contribution in [0, 0.1) is 0 Å². The standard InChI is InChI=1S/C18H27BrN2O3/c1-5-9-15(22)16-13(17(20)21(6-2)7-3)10-12(11-14(16)19)18(23)24-8-4/h10-11,17H,5-9,20H2,1-4H3. The zero-order chi connectivity index (χ0) is 18.3. The van der Waals surface area contributed by atoms with Crippen molar-refractivity contribution >= 4 is 27.7 Å². The molecule has 1 rings (SSSR count). The Labute approximate surface area is 152 Å². The van der Waals surface area contributed by atoms with Gasteiger partial charge in [0.1, 0.15) is 0 Å². The van der Waals surface area contributed by atoms with Crippen LogP contribution in [-0.2, 0) is 4.74 Å². The zero-order valence-corrected chi connectivity index (χ0v) is 16.5. The van der Waals surface area contributed by atoms with Crippen LogP contribution in [0.25, 0.3) is 0 Å². The van der Waals surface area contributed by atoms with Gasteiger partial charge < -0.3 is 10.5 Å². The summed E-state index contributed by atoms with van der Waals surface area (Å²) in [4.78, 5) is 26.7. The molecule has 0 spiro atoms. The van der Waals surface area contributed by atoms with Gasteiger partial charge in [-0.2, -0.15) is 0 Å². The normalized spacial score (nSPS) is 12.3. The number of carbonyl (C=O) groups excluding carboxylic acids is 2. The maximum Gasteiger partial charge on any atom is 0.338 e. The molecule has 0 heterocycles. The third kappa shape index (κ3) is 4.88. The van der Waals surface area contributed by atoms with Crippen LogP contribution in [-0.4, -0.2) is 36.3 Å². The summed E-state index contributed by atoms with van der Waals surface area (Å²) >= 11 is 3.45. The number of nitrogens with two attached hydrogens (primary N) is 1. The molecule has 0 aliphatic carbocycles. The summed E-state index contributed by atoms with van der Waals surface area (Å²) in [6.45, 7) is 9.55. The molecule has 0 radical (unpaired) electrons. The fraction of sp³-hybridized carbons (Fsp3) is 0.556. The van der Waals surface area contributed by atoms with Crippen LogP contribution in [0.5, 0.6) is 0 Å². The summed E-state index contributed by atoms with van der Waals surface area (Å²) in [5, 5.41) is 0. The van der Waals surface area contributed by atoms with Gasteiger partial charge in [-0.1, -0.05) is 36.7 Å². The molecule has 6 heteroatoms. The number of benzene rings is 1. The Morgan fingerprint density at radius 3 is 2.33 bits per heavy atom. The van der Waals surface area contributed by atoms with Crippen molar-refractivity contribution < 1.29 is 14.3 Å². The van der Waals surface area contributed by atoms with Crippen molar-refractivity contribution in [3.63, 3.8) is 0 Å². The molecule has 0 bridgehead atoms. The summed E-state index contributed by atoms with van der Waals surface area (Å²) in [6, 6.07) is 3.33. The first-order valence-corrected chi connectivity index (χ1v) is 9.23. The predicted molar refractivity (Wildman–Crippen MR) is 99.2 cm³/mol. The number of carbonyl (C=O) groups is 2. The van der Waals surface area contributed by atoms with Gasteiger partial charge in [0.25, 0.3) is 0 Å². The molecule has 2 N–H and O–H groups in total. The summed E-state index contributed by atoms with van der Waals surface area (Å²) in [6.07, 6.45) is 0.738. The lowest BCUT2D eigenvalue weighted by atomic mass is 9.96. The highest BCUT2D eigenvalue weighted by molar-refractivity contribution is 9.10. The van der Waals surface area contributed by atoms with E-state index < -0.39 is 12.1 Å². The first-order chi connectivity index (χ1) is 11.4. The molecule has 24 heavy (non-hydrogen) atoms. The van der Waals surface area contributed by atoms with Crippen molar-refractivity contribution in [3.05, 3.63) is 33.3 Å². The van der Waals surface area contributed by atoms with Crippen LogP contribution in [0.1, 0.15) is 73.0 Å². The van der Waals surface area contributed by atoms with E-state index in [2.05, 4.69) is 15.9 Å². The van der Waals surface area contributed by atoms with E-state index in [-0.39, 0.29) is 5.78 Å². The van der Waals surface area contributed by atoms with Gasteiger partial charge in [0, 0.05) is 16.5 Å². The summed E-state index contributed by atoms with van der Waals surface area (Å²) in [5.74, 6) is -0.391. The summed E-state index contributed by atoms with van der Waals surface area (Å²) < 4.78 is 5.67. The van der Waals surface area contributed by atoms with Crippen molar-refractivity contribution in [2.75, 3.05) is 19.7 Å². The molecule has 1 atom stereocenters. The van der Waals surface area contributed by atoms with Gasteiger partial charge in [-0.25, -0.2) is 4.79 Å². The van der Waals surface area contributed by atoms with Crippen molar-refractivity contribution in [2.24, 2.45) is 5.73 Å². The number of esters is 1. The van der Waals surface area contributed by atoms with E-state index in [1.165, 1.54) is 0 Å². The van der Waals surface area contributed by atoms with E-state index in [1.54, 1.807) is 19.1 Å². The largest absolute Gasteiger partial charge is 0.462 e. The number of Topliss-reactive ketones (excluding diaryl/α,β-unsaturated/α-hetero) is 1. The Morgan fingerprint density at radius 2 is 1.83 bits per heavy atom. The third-order valence-corrected chi connectivity index (χ3v) is 4.54. The summed E-state index contributed by atoms with van der Waals surface area (Å²) in [5.41, 5.74) is 8.03. The Morgan fingerprint density at radius 1 is 1.21 bits per heavy atom. The molecule has 0 aromatic heterocycles. The van der Waals surface area contributed by atoms with Crippen LogP contribution in [0.3, 0.4) is 0 Å². The topological polar surface area (TPSA) is 72.6 Å². The molecule has 1 aromatic rings. The van der Waals surface area contributed by atoms with E-state index in [9.17, 15) is 9.59 Å². The SMILES string of the molecule is CCCC(=O)c1c(Br)cc(C(=O)OCC)cc1C(N)N(CC)CC. The molecule has 1 unspecified atom stereocenters. The molecule has 0 saturated heterocycles. The second kappa shape index (κ2) is 9.91. The van der Waals surface area contributed by atoms with Crippen LogP contribution >= 0.6 is 15.9 Å². The minimum Gasteiger partial charge on any atom is -0.462 e. The number of ether oxygens (including phenoxy) is 1. The highest BCUT2D eigenvalue weighted by Crippen LogP contribution is 2.30. The molecule has 134 valence electrons. The molecule has 0 aliphatic rings. The first kappa shape index (κ1) is 20.8. The van der Waals surface area contributed by atoms with E-state index in [0.29, 0.717) is 34.2 Å². The second-order valence-corrected chi connectivity index (χ2v) is 6.34. The van der Waals surface area contributed by atoms with Crippen LogP contribution in [0.2, 0.25) is 0 Å². The van der Waals surface area contributed by atoms with Crippen molar-refractivity contribution in [1.82, 2.24) is 4.90 Å². The Balaban J connectivity index is 3.46. The van der Waals surface area contributed by atoms with Gasteiger partial charge >= 0.3 is 5.97 Å². The molecule has 0 amide bonds. The number of rotatable bonds is 9. The molecular formula is C18H27BrN2O3. The Bertz CT molecular complexity index is 586. The van der Waals surface area contributed by atoms with Gasteiger partial charge in [-0.3, -0.25) is 9.69 Å². The number of ketones is 1. The van der Waals surface area contributed by atoms with E-state index in [1.807, 2.05) is 25.7 Å². The lowest BCUT2D eigenvalue weighted by Crippen LogP contribution is -2.35. The first-order valence-electron chi connectivity index (χ1n) is 8.44. The van der Waals surface area contributed by atoms with Gasteiger partial charge in [0.2, 0.25) is 0 Å². The highest BCUT2D eigenvalue weighted by atomic mass is 79.9. The average Bonchev–Trinajstić information content (AvgIpc) is 2.55. The number of halogens is 1. The van der Waals surface area contributed by atoms with Gasteiger partial charge in [-0.05, 0) is 44.1 Å². The lowest BCUT2D eigenvalue weighted by molar-refractivity contribution is 0.0525. The van der Waals surface area contributed by atoms with Crippen LogP contribution < -0.4 is 5.73 Å². The monoisotopic (exact) mass is 398 g/mol. The van der Waals surface area contributed by atoms with Crippen LogP contribution in [0.4, 0.5) is 0 Å². The lowest BCUT2D eigenvalue weighted by Gasteiger charge is -2.28. The average molecular weight is 399 g/mol. The smallest absolute Gasteiger partial charge is 0.338 e. The van der Waals surface area contributed by atoms with Crippen molar-refractivity contribution in [2.45, 2.75) is 46.7 Å². The van der Waals surface area contributed by atoms with E-state index in [4.69, 9.17) is 10.5 Å². The van der Waals surface area contributed by atoms with Gasteiger partial charge in [-0.15, -0.1) is 0 Å². The summed E-state index contributed by atoms with van der Waals surface area (Å²) in [7, 11) is 0. The maximum atomic E-state index is 12.6. The minimum absolute atomic E-state index is 0.0254. The Kier molecular flexibility index (Phi) is 8.59. The van der Waals surface area contributed by atoms with Gasteiger partial charge in [0.05, 0.1) is 18.3 Å². The molecule has 5 nitrogen and oxygen atoms in total. The zero-order valence-electron chi connectivity index (χ0n) is 14.9. The van der Waals surface area contributed by atoms with Gasteiger partial charge in [0.15, 0.2) is 5.78 Å².